The zero-order valence-corrected chi connectivity index (χ0v) is 62.9. The minimum Gasteiger partial charge on any atom is -0.462 e. The highest BCUT2D eigenvalue weighted by atomic mass is 31.2. The molecular formula is C75H146O17P2. The Labute approximate surface area is 575 Å². The molecule has 0 aromatic rings. The third-order valence-electron chi connectivity index (χ3n) is 17.9. The molecule has 0 aliphatic carbocycles. The molecule has 0 fully saturated rings. The summed E-state index contributed by atoms with van der Waals surface area (Å²) in [5.74, 6) is -1.30. The van der Waals surface area contributed by atoms with E-state index in [9.17, 15) is 43.2 Å². The van der Waals surface area contributed by atoms with Crippen LogP contribution < -0.4 is 0 Å². The van der Waals surface area contributed by atoms with Gasteiger partial charge in [0.15, 0.2) is 12.2 Å². The molecular weight excluding hydrogens is 1230 g/mol. The SMILES string of the molecule is CCCCCCCCCCCCCCCCCC(=O)O[C@H](COC(=O)CCCCCCCCCCCCC(C)CC)COP(=O)(O)OC[C@@H](O)COP(=O)(O)OC[C@@H](COC(=O)CCCCCCCCCCCCCC)OC(=O)CCCCCCCCCCCCCCC. The fourth-order valence-corrected chi connectivity index (χ4v) is 13.1. The minimum atomic E-state index is -4.96. The van der Waals surface area contributed by atoms with Crippen LogP contribution in [0, 0.1) is 5.92 Å². The Hall–Kier alpha value is -1.94. The maximum Gasteiger partial charge on any atom is 0.472 e. The number of ether oxygens (including phenoxy) is 4. The number of phosphoric ester groups is 2. The van der Waals surface area contributed by atoms with E-state index in [-0.39, 0.29) is 25.7 Å². The van der Waals surface area contributed by atoms with Crippen molar-refractivity contribution in [3.05, 3.63) is 0 Å². The fourth-order valence-electron chi connectivity index (χ4n) is 11.5. The largest absolute Gasteiger partial charge is 0.472 e. The highest BCUT2D eigenvalue weighted by Crippen LogP contribution is 2.45. The van der Waals surface area contributed by atoms with E-state index >= 15 is 0 Å². The molecule has 0 aliphatic rings. The van der Waals surface area contributed by atoms with E-state index in [4.69, 9.17) is 37.0 Å². The summed E-state index contributed by atoms with van der Waals surface area (Å²) < 4.78 is 68.5. The van der Waals surface area contributed by atoms with Crippen molar-refractivity contribution in [3.8, 4) is 0 Å². The summed E-state index contributed by atoms with van der Waals surface area (Å²) >= 11 is 0. The summed E-state index contributed by atoms with van der Waals surface area (Å²) in [6.45, 7) is 7.32. The average Bonchev–Trinajstić information content (AvgIpc) is 3.73. The van der Waals surface area contributed by atoms with Gasteiger partial charge in [0.05, 0.1) is 26.4 Å². The Kier molecular flexibility index (Phi) is 66.8. The molecule has 0 aromatic heterocycles. The maximum atomic E-state index is 13.1. The first-order valence-corrected chi connectivity index (χ1v) is 42.2. The molecule has 3 unspecified atom stereocenters. The molecule has 17 nitrogen and oxygen atoms in total. The van der Waals surface area contributed by atoms with Gasteiger partial charge in [-0.1, -0.05) is 343 Å². The summed E-state index contributed by atoms with van der Waals surface area (Å²) in [6.07, 6.45) is 56.5. The third kappa shape index (κ3) is 67.3. The van der Waals surface area contributed by atoms with Crippen LogP contribution in [0.15, 0.2) is 0 Å². The van der Waals surface area contributed by atoms with Gasteiger partial charge < -0.3 is 33.8 Å². The first-order valence-electron chi connectivity index (χ1n) is 39.2. The number of rotatable bonds is 75. The molecule has 0 rings (SSSR count). The second-order valence-electron chi connectivity index (χ2n) is 27.3. The van der Waals surface area contributed by atoms with Crippen LogP contribution >= 0.6 is 15.6 Å². The zero-order valence-electron chi connectivity index (χ0n) is 61.1. The number of hydrogen-bond acceptors (Lipinski definition) is 15. The zero-order chi connectivity index (χ0) is 69.1. The van der Waals surface area contributed by atoms with E-state index in [1.807, 2.05) is 0 Å². The van der Waals surface area contributed by atoms with Gasteiger partial charge in [-0.05, 0) is 31.6 Å². The van der Waals surface area contributed by atoms with Crippen LogP contribution in [0.25, 0.3) is 0 Å². The van der Waals surface area contributed by atoms with E-state index < -0.39 is 97.5 Å². The number of esters is 4. The number of carbonyl (C=O) groups is 4. The molecule has 0 aromatic carbocycles. The number of aliphatic hydroxyl groups is 1. The Morgan fingerprint density at radius 2 is 0.511 bits per heavy atom. The lowest BCUT2D eigenvalue weighted by Gasteiger charge is -2.21. The van der Waals surface area contributed by atoms with Gasteiger partial charge in [-0.2, -0.15) is 0 Å². The van der Waals surface area contributed by atoms with Gasteiger partial charge in [0.1, 0.15) is 19.3 Å². The molecule has 0 radical (unpaired) electrons. The predicted molar refractivity (Wildman–Crippen MR) is 382 cm³/mol. The van der Waals surface area contributed by atoms with Crippen molar-refractivity contribution in [2.45, 2.75) is 412 Å². The Morgan fingerprint density at radius 3 is 0.755 bits per heavy atom. The quantitative estimate of drug-likeness (QED) is 0.0222. The molecule has 19 heteroatoms. The number of aliphatic hydroxyl groups excluding tert-OH is 1. The van der Waals surface area contributed by atoms with Crippen molar-refractivity contribution in [1.82, 2.24) is 0 Å². The lowest BCUT2D eigenvalue weighted by atomic mass is 9.99. The third-order valence-corrected chi connectivity index (χ3v) is 19.8. The Bertz CT molecular complexity index is 1810. The van der Waals surface area contributed by atoms with Gasteiger partial charge in [-0.15, -0.1) is 0 Å². The number of hydrogen-bond donors (Lipinski definition) is 3. The Balaban J connectivity index is 5.27. The van der Waals surface area contributed by atoms with Gasteiger partial charge in [-0.3, -0.25) is 37.3 Å². The normalized spacial score (nSPS) is 14.3. The van der Waals surface area contributed by atoms with E-state index in [1.165, 1.54) is 218 Å². The molecule has 0 bridgehead atoms. The van der Waals surface area contributed by atoms with Crippen molar-refractivity contribution in [2.24, 2.45) is 5.92 Å². The van der Waals surface area contributed by atoms with Crippen molar-refractivity contribution in [3.63, 3.8) is 0 Å². The highest BCUT2D eigenvalue weighted by Gasteiger charge is 2.30. The average molecular weight is 1380 g/mol. The topological polar surface area (TPSA) is 237 Å². The van der Waals surface area contributed by atoms with Crippen LogP contribution in [0.4, 0.5) is 0 Å². The van der Waals surface area contributed by atoms with Gasteiger partial charge in [0.25, 0.3) is 0 Å². The number of carbonyl (C=O) groups excluding carboxylic acids is 4. The van der Waals surface area contributed by atoms with E-state index in [0.29, 0.717) is 25.7 Å². The van der Waals surface area contributed by atoms with Crippen molar-refractivity contribution in [1.29, 1.82) is 0 Å². The lowest BCUT2D eigenvalue weighted by molar-refractivity contribution is -0.161. The van der Waals surface area contributed by atoms with E-state index in [0.717, 1.165) is 95.8 Å². The summed E-state index contributed by atoms with van der Waals surface area (Å²) in [4.78, 5) is 72.8. The molecule has 6 atom stereocenters. The maximum absolute atomic E-state index is 13.1. The van der Waals surface area contributed by atoms with Crippen LogP contribution in [0.3, 0.4) is 0 Å². The van der Waals surface area contributed by atoms with Gasteiger partial charge in [0, 0.05) is 25.7 Å². The van der Waals surface area contributed by atoms with Gasteiger partial charge >= 0.3 is 39.5 Å². The van der Waals surface area contributed by atoms with Crippen LogP contribution in [0.1, 0.15) is 394 Å². The molecule has 0 saturated carbocycles. The molecule has 3 N–H and O–H groups in total. The smallest absolute Gasteiger partial charge is 0.462 e. The standard InChI is InChI=1S/C75H146O17P2/c1-6-10-13-16-19-22-25-28-29-31-34-41-46-51-56-61-75(80)92-71(65-86-73(78)59-54-49-44-39-36-35-37-42-47-52-57-68(5)9-4)67-90-94(83,84)88-63-69(76)62-87-93(81,82)89-66-70(64-85-72(77)58-53-48-43-38-32-27-24-21-18-15-12-8-3)91-74(79)60-55-50-45-40-33-30-26-23-20-17-14-11-7-2/h68-71,76H,6-67H2,1-5H3,(H,81,82)(H,83,84)/t68?,69-,70+,71+/m0/s1. The summed E-state index contributed by atoms with van der Waals surface area (Å²) in [7, 11) is -9.91. The van der Waals surface area contributed by atoms with Crippen molar-refractivity contribution in [2.75, 3.05) is 39.6 Å². The molecule has 94 heavy (non-hydrogen) atoms. The Morgan fingerprint density at radius 1 is 0.298 bits per heavy atom. The van der Waals surface area contributed by atoms with Gasteiger partial charge in [-0.25, -0.2) is 9.13 Å². The first kappa shape index (κ1) is 92.1. The van der Waals surface area contributed by atoms with Crippen LogP contribution in [0.5, 0.6) is 0 Å². The summed E-state index contributed by atoms with van der Waals surface area (Å²) in [5.41, 5.74) is 0. The second kappa shape index (κ2) is 68.2. The molecule has 0 saturated heterocycles. The minimum absolute atomic E-state index is 0.108. The fraction of sp³-hybridized carbons (Fsp3) is 0.947. The van der Waals surface area contributed by atoms with Crippen LogP contribution in [-0.2, 0) is 65.4 Å². The number of phosphoric acid groups is 2. The molecule has 0 heterocycles. The molecule has 0 aliphatic heterocycles. The van der Waals surface area contributed by atoms with E-state index in [2.05, 4.69) is 34.6 Å². The summed E-state index contributed by atoms with van der Waals surface area (Å²) in [6, 6.07) is 0. The first-order chi connectivity index (χ1) is 45.6. The van der Waals surface area contributed by atoms with Gasteiger partial charge in [0.2, 0.25) is 0 Å². The lowest BCUT2D eigenvalue weighted by Crippen LogP contribution is -2.30. The number of unbranched alkanes of at least 4 members (excludes halogenated alkanes) is 46. The molecule has 558 valence electrons. The molecule has 0 spiro atoms. The molecule has 0 amide bonds. The van der Waals surface area contributed by atoms with Crippen molar-refractivity contribution >= 4 is 39.5 Å². The monoisotopic (exact) mass is 1380 g/mol. The predicted octanol–water partition coefficient (Wildman–Crippen LogP) is 22.1. The second-order valence-corrected chi connectivity index (χ2v) is 30.2. The highest BCUT2D eigenvalue weighted by molar-refractivity contribution is 7.47. The van der Waals surface area contributed by atoms with Crippen LogP contribution in [0.2, 0.25) is 0 Å². The van der Waals surface area contributed by atoms with Crippen LogP contribution in [-0.4, -0.2) is 96.7 Å². The van der Waals surface area contributed by atoms with Crippen molar-refractivity contribution < 1.29 is 80.2 Å². The summed E-state index contributed by atoms with van der Waals surface area (Å²) in [5, 5.41) is 10.6. The van der Waals surface area contributed by atoms with E-state index in [1.54, 1.807) is 0 Å².